The maximum absolute atomic E-state index is 6.09. The van der Waals surface area contributed by atoms with E-state index < -0.39 is 0 Å². The summed E-state index contributed by atoms with van der Waals surface area (Å²) >= 11 is 0. The van der Waals surface area contributed by atoms with Crippen molar-refractivity contribution in [2.75, 3.05) is 12.3 Å². The zero-order valence-corrected chi connectivity index (χ0v) is 9.24. The summed E-state index contributed by atoms with van der Waals surface area (Å²) in [6.45, 7) is 5.15. The van der Waals surface area contributed by atoms with Crippen LogP contribution in [0, 0.1) is 0 Å². The molecule has 1 fully saturated rings. The van der Waals surface area contributed by atoms with E-state index in [1.807, 2.05) is 4.68 Å². The van der Waals surface area contributed by atoms with Crippen LogP contribution < -0.4 is 5.73 Å². The summed E-state index contributed by atoms with van der Waals surface area (Å²) in [5.41, 5.74) is 8.61. The molecule has 2 aliphatic rings. The Hall–Kier alpha value is -1.03. The van der Waals surface area contributed by atoms with Gasteiger partial charge in [-0.2, -0.15) is 5.10 Å². The number of aromatic nitrogens is 2. The highest BCUT2D eigenvalue weighted by Gasteiger charge is 2.33. The van der Waals surface area contributed by atoms with Crippen molar-refractivity contribution in [2.24, 2.45) is 0 Å². The van der Waals surface area contributed by atoms with Crippen molar-refractivity contribution in [3.8, 4) is 0 Å². The van der Waals surface area contributed by atoms with Crippen molar-refractivity contribution >= 4 is 5.82 Å². The lowest BCUT2D eigenvalue weighted by molar-refractivity contribution is 0.243. The van der Waals surface area contributed by atoms with E-state index >= 15 is 0 Å². The van der Waals surface area contributed by atoms with Gasteiger partial charge in [-0.05, 0) is 19.8 Å². The molecule has 0 unspecified atom stereocenters. The molecule has 4 nitrogen and oxygen atoms in total. The van der Waals surface area contributed by atoms with Crippen LogP contribution in [0.3, 0.4) is 0 Å². The molecule has 0 aromatic carbocycles. The zero-order chi connectivity index (χ0) is 10.4. The summed E-state index contributed by atoms with van der Waals surface area (Å²) in [7, 11) is 0. The summed E-state index contributed by atoms with van der Waals surface area (Å²) in [4.78, 5) is 2.56. The minimum atomic E-state index is 0.836. The molecule has 0 amide bonds. The first-order valence-corrected chi connectivity index (χ1v) is 5.87. The molecule has 2 heterocycles. The van der Waals surface area contributed by atoms with E-state index in [9.17, 15) is 0 Å². The second-order valence-corrected chi connectivity index (χ2v) is 4.58. The number of aryl methyl sites for hydroxylation is 1. The monoisotopic (exact) mass is 206 g/mol. The molecule has 2 N–H and O–H groups in total. The predicted molar refractivity (Wildman–Crippen MR) is 59.4 cm³/mol. The molecule has 0 bridgehead atoms. The fourth-order valence-electron chi connectivity index (χ4n) is 2.46. The fraction of sp³-hybridized carbons (Fsp3) is 0.727. The van der Waals surface area contributed by atoms with Crippen molar-refractivity contribution in [3.05, 3.63) is 11.3 Å². The van der Waals surface area contributed by atoms with E-state index in [-0.39, 0.29) is 0 Å². The highest BCUT2D eigenvalue weighted by Crippen LogP contribution is 2.33. The summed E-state index contributed by atoms with van der Waals surface area (Å²) in [6, 6.07) is 0.836. The molecule has 15 heavy (non-hydrogen) atoms. The van der Waals surface area contributed by atoms with Gasteiger partial charge in [0.25, 0.3) is 0 Å². The highest BCUT2D eigenvalue weighted by atomic mass is 15.3. The molecule has 0 spiro atoms. The Labute approximate surface area is 90.0 Å². The van der Waals surface area contributed by atoms with Gasteiger partial charge in [-0.1, -0.05) is 0 Å². The molecule has 1 aromatic heterocycles. The van der Waals surface area contributed by atoms with Gasteiger partial charge in [-0.3, -0.25) is 4.90 Å². The summed E-state index contributed by atoms with van der Waals surface area (Å²) in [5.74, 6) is 0.887. The SMILES string of the molecule is CCn1nc2c(c1N)CN(C1CC1)CC2. The van der Waals surface area contributed by atoms with Crippen LogP contribution in [-0.2, 0) is 19.5 Å². The van der Waals surface area contributed by atoms with Crippen molar-refractivity contribution in [3.63, 3.8) is 0 Å². The smallest absolute Gasteiger partial charge is 0.126 e. The number of rotatable bonds is 2. The first-order chi connectivity index (χ1) is 7.29. The number of anilines is 1. The van der Waals surface area contributed by atoms with Crippen LogP contribution in [0.5, 0.6) is 0 Å². The lowest BCUT2D eigenvalue weighted by atomic mass is 10.1. The van der Waals surface area contributed by atoms with E-state index in [2.05, 4.69) is 16.9 Å². The van der Waals surface area contributed by atoms with Crippen LogP contribution in [0.1, 0.15) is 31.0 Å². The topological polar surface area (TPSA) is 47.1 Å². The third kappa shape index (κ3) is 1.44. The largest absolute Gasteiger partial charge is 0.384 e. The number of fused-ring (bicyclic) bond motifs is 1. The predicted octanol–water partition coefficient (Wildman–Crippen LogP) is 1.01. The average molecular weight is 206 g/mol. The molecule has 3 rings (SSSR count). The van der Waals surface area contributed by atoms with Crippen molar-refractivity contribution < 1.29 is 0 Å². The third-order valence-corrected chi connectivity index (χ3v) is 3.54. The van der Waals surface area contributed by atoms with Gasteiger partial charge in [-0.25, -0.2) is 4.68 Å². The lowest BCUT2D eigenvalue weighted by Gasteiger charge is -2.25. The molecule has 4 heteroatoms. The Morgan fingerprint density at radius 3 is 2.93 bits per heavy atom. The maximum atomic E-state index is 6.09. The number of hydrogen-bond acceptors (Lipinski definition) is 3. The molecule has 1 aliphatic carbocycles. The van der Waals surface area contributed by atoms with Crippen molar-refractivity contribution in [1.82, 2.24) is 14.7 Å². The van der Waals surface area contributed by atoms with Crippen LogP contribution >= 0.6 is 0 Å². The van der Waals surface area contributed by atoms with Crippen LogP contribution in [0.25, 0.3) is 0 Å². The Bertz CT molecular complexity index is 378. The Morgan fingerprint density at radius 1 is 1.47 bits per heavy atom. The summed E-state index contributed by atoms with van der Waals surface area (Å²) in [6.07, 6.45) is 3.82. The number of nitrogens with zero attached hydrogens (tertiary/aromatic N) is 3. The third-order valence-electron chi connectivity index (χ3n) is 3.54. The molecule has 0 radical (unpaired) electrons. The van der Waals surface area contributed by atoms with Gasteiger partial charge >= 0.3 is 0 Å². The second-order valence-electron chi connectivity index (χ2n) is 4.58. The van der Waals surface area contributed by atoms with Gasteiger partial charge < -0.3 is 5.73 Å². The van der Waals surface area contributed by atoms with Crippen LogP contribution in [-0.4, -0.2) is 27.3 Å². The number of nitrogens with two attached hydrogens (primary N) is 1. The van der Waals surface area contributed by atoms with Gasteiger partial charge in [-0.15, -0.1) is 0 Å². The normalized spacial score (nSPS) is 21.7. The van der Waals surface area contributed by atoms with Crippen LogP contribution in [0.4, 0.5) is 5.82 Å². The Balaban J connectivity index is 1.89. The second kappa shape index (κ2) is 3.23. The quantitative estimate of drug-likeness (QED) is 0.785. The molecule has 1 aromatic rings. The van der Waals surface area contributed by atoms with E-state index in [4.69, 9.17) is 5.73 Å². The summed E-state index contributed by atoms with van der Waals surface area (Å²) in [5, 5.41) is 4.55. The molecule has 0 atom stereocenters. The average Bonchev–Trinajstić information content (AvgIpc) is 3.05. The van der Waals surface area contributed by atoms with Crippen molar-refractivity contribution in [1.29, 1.82) is 0 Å². The van der Waals surface area contributed by atoms with E-state index in [1.165, 1.54) is 24.1 Å². The molecule has 0 saturated heterocycles. The molecular formula is C11H18N4. The zero-order valence-electron chi connectivity index (χ0n) is 9.24. The lowest BCUT2D eigenvalue weighted by Crippen LogP contribution is -2.32. The van der Waals surface area contributed by atoms with Crippen LogP contribution in [0.15, 0.2) is 0 Å². The summed E-state index contributed by atoms with van der Waals surface area (Å²) < 4.78 is 1.93. The first-order valence-electron chi connectivity index (χ1n) is 5.87. The molecular weight excluding hydrogens is 188 g/mol. The first kappa shape index (κ1) is 9.21. The minimum absolute atomic E-state index is 0.836. The van der Waals surface area contributed by atoms with E-state index in [1.54, 1.807) is 0 Å². The van der Waals surface area contributed by atoms with Gasteiger partial charge in [0.15, 0.2) is 0 Å². The van der Waals surface area contributed by atoms with Crippen LogP contribution in [0.2, 0.25) is 0 Å². The fourth-order valence-corrected chi connectivity index (χ4v) is 2.46. The maximum Gasteiger partial charge on any atom is 0.126 e. The Morgan fingerprint density at radius 2 is 2.27 bits per heavy atom. The van der Waals surface area contributed by atoms with Gasteiger partial charge in [0.2, 0.25) is 0 Å². The van der Waals surface area contributed by atoms with E-state index in [0.717, 1.165) is 37.9 Å². The molecule has 82 valence electrons. The standard InChI is InChI=1S/C11H18N4/c1-2-15-11(12)9-7-14(8-3-4-8)6-5-10(9)13-15/h8H,2-7,12H2,1H3. The van der Waals surface area contributed by atoms with Gasteiger partial charge in [0.1, 0.15) is 5.82 Å². The Kier molecular flexibility index (Phi) is 1.99. The highest BCUT2D eigenvalue weighted by molar-refractivity contribution is 5.44. The molecule has 1 saturated carbocycles. The van der Waals surface area contributed by atoms with Gasteiger partial charge in [0.05, 0.1) is 5.69 Å². The van der Waals surface area contributed by atoms with Gasteiger partial charge in [0, 0.05) is 37.7 Å². The minimum Gasteiger partial charge on any atom is -0.384 e. The number of hydrogen-bond donors (Lipinski definition) is 1. The number of nitrogen functional groups attached to an aromatic ring is 1. The van der Waals surface area contributed by atoms with E-state index in [0.29, 0.717) is 0 Å². The van der Waals surface area contributed by atoms with Crippen molar-refractivity contribution in [2.45, 2.75) is 45.3 Å². The molecule has 1 aliphatic heterocycles.